The van der Waals surface area contributed by atoms with Crippen molar-refractivity contribution in [3.05, 3.63) is 107 Å². The SMILES string of the molecule is CC(C)N(CCCNCCN1C(=O)c2cccc3c(Cl)ccc(c23)C1=O)CCN1C(=O)c2cccc3c(-n4ccnc4)ccc(c23)C1=O. The van der Waals surface area contributed by atoms with Gasteiger partial charge in [0.05, 0.1) is 12.0 Å². The van der Waals surface area contributed by atoms with Crippen LogP contribution in [0.4, 0.5) is 0 Å². The first-order chi connectivity index (χ1) is 23.3. The molecule has 11 heteroatoms. The number of rotatable bonds is 12. The molecular formula is C37H35ClN6O4. The van der Waals surface area contributed by atoms with Gasteiger partial charge in [-0.2, -0.15) is 0 Å². The van der Waals surface area contributed by atoms with Crippen molar-refractivity contribution in [1.82, 2.24) is 29.6 Å². The summed E-state index contributed by atoms with van der Waals surface area (Å²) in [6.07, 6.45) is 6.04. The van der Waals surface area contributed by atoms with Crippen LogP contribution < -0.4 is 5.32 Å². The number of hydrogen-bond donors (Lipinski definition) is 1. The van der Waals surface area contributed by atoms with Crippen molar-refractivity contribution in [1.29, 1.82) is 0 Å². The number of hydrogen-bond acceptors (Lipinski definition) is 7. The van der Waals surface area contributed by atoms with Gasteiger partial charge in [-0.1, -0.05) is 35.9 Å². The molecule has 1 N–H and O–H groups in total. The number of imidazole rings is 1. The predicted octanol–water partition coefficient (Wildman–Crippen LogP) is 5.41. The summed E-state index contributed by atoms with van der Waals surface area (Å²) in [6, 6.07) is 18.2. The van der Waals surface area contributed by atoms with Crippen LogP contribution in [0.3, 0.4) is 0 Å². The van der Waals surface area contributed by atoms with Gasteiger partial charge in [-0.25, -0.2) is 4.98 Å². The van der Waals surface area contributed by atoms with Crippen LogP contribution in [0.15, 0.2) is 79.4 Å². The van der Waals surface area contributed by atoms with Crippen molar-refractivity contribution in [2.75, 3.05) is 39.3 Å². The molecule has 0 spiro atoms. The lowest BCUT2D eigenvalue weighted by molar-refractivity contribution is 0.0579. The molecule has 7 rings (SSSR count). The molecule has 48 heavy (non-hydrogen) atoms. The van der Waals surface area contributed by atoms with Crippen molar-refractivity contribution < 1.29 is 19.2 Å². The highest BCUT2D eigenvalue weighted by molar-refractivity contribution is 6.38. The van der Waals surface area contributed by atoms with E-state index in [9.17, 15) is 19.2 Å². The van der Waals surface area contributed by atoms with E-state index in [0.717, 1.165) is 24.0 Å². The van der Waals surface area contributed by atoms with Gasteiger partial charge >= 0.3 is 0 Å². The van der Waals surface area contributed by atoms with Crippen LogP contribution in [0.5, 0.6) is 0 Å². The Morgan fingerprint density at radius 2 is 1.33 bits per heavy atom. The Kier molecular flexibility index (Phi) is 8.55. The maximum Gasteiger partial charge on any atom is 0.261 e. The second-order valence-electron chi connectivity index (χ2n) is 12.4. The van der Waals surface area contributed by atoms with Crippen molar-refractivity contribution in [3.63, 3.8) is 0 Å². The zero-order valence-electron chi connectivity index (χ0n) is 26.8. The van der Waals surface area contributed by atoms with Gasteiger partial charge in [0, 0.05) is 93.4 Å². The molecule has 0 aliphatic carbocycles. The maximum absolute atomic E-state index is 13.6. The minimum atomic E-state index is -0.313. The predicted molar refractivity (Wildman–Crippen MR) is 185 cm³/mol. The number of halogens is 1. The van der Waals surface area contributed by atoms with Crippen molar-refractivity contribution in [2.45, 2.75) is 26.3 Å². The molecule has 0 bridgehead atoms. The Bertz CT molecular complexity index is 2050. The summed E-state index contributed by atoms with van der Waals surface area (Å²) in [5.41, 5.74) is 2.90. The fraction of sp³-hybridized carbons (Fsp3) is 0.270. The molecule has 4 aromatic carbocycles. The molecule has 244 valence electrons. The molecule has 2 aliphatic heterocycles. The fourth-order valence-corrected chi connectivity index (χ4v) is 7.07. The molecule has 0 fully saturated rings. The summed E-state index contributed by atoms with van der Waals surface area (Å²) in [6.45, 7) is 7.15. The van der Waals surface area contributed by atoms with Gasteiger partial charge in [-0.05, 0) is 69.8 Å². The molecule has 10 nitrogen and oxygen atoms in total. The van der Waals surface area contributed by atoms with Crippen LogP contribution in [0.1, 0.15) is 61.7 Å². The Hall–Kier alpha value is -4.90. The second kappa shape index (κ2) is 13.0. The summed E-state index contributed by atoms with van der Waals surface area (Å²) < 4.78 is 1.88. The topological polar surface area (TPSA) is 108 Å². The van der Waals surface area contributed by atoms with E-state index in [4.69, 9.17) is 11.6 Å². The van der Waals surface area contributed by atoms with E-state index in [1.807, 2.05) is 35.0 Å². The number of amides is 4. The number of aromatic nitrogens is 2. The fourth-order valence-electron chi connectivity index (χ4n) is 6.85. The van der Waals surface area contributed by atoms with E-state index in [-0.39, 0.29) is 42.8 Å². The number of nitrogens with one attached hydrogen (secondary N) is 1. The Morgan fingerprint density at radius 3 is 1.98 bits per heavy atom. The number of benzene rings is 4. The quantitative estimate of drug-likeness (QED) is 0.141. The summed E-state index contributed by atoms with van der Waals surface area (Å²) in [5, 5.41) is 6.72. The summed E-state index contributed by atoms with van der Waals surface area (Å²) in [5.74, 6) is -1.19. The van der Waals surface area contributed by atoms with Gasteiger partial charge in [-0.3, -0.25) is 33.9 Å². The molecule has 2 aliphatic rings. The minimum Gasteiger partial charge on any atom is -0.315 e. The first-order valence-electron chi connectivity index (χ1n) is 16.2. The highest BCUT2D eigenvalue weighted by Gasteiger charge is 2.34. The monoisotopic (exact) mass is 662 g/mol. The Labute approximate surface area is 282 Å². The summed E-state index contributed by atoms with van der Waals surface area (Å²) in [7, 11) is 0. The highest BCUT2D eigenvalue weighted by atomic mass is 35.5. The third-order valence-corrected chi connectivity index (χ3v) is 9.67. The number of carbonyl (C=O) groups is 4. The largest absolute Gasteiger partial charge is 0.315 e. The zero-order chi connectivity index (χ0) is 33.5. The molecule has 0 saturated carbocycles. The molecule has 4 amide bonds. The Morgan fingerprint density at radius 1 is 0.729 bits per heavy atom. The van der Waals surface area contributed by atoms with E-state index in [0.29, 0.717) is 63.1 Å². The third-order valence-electron chi connectivity index (χ3n) is 9.34. The van der Waals surface area contributed by atoms with E-state index >= 15 is 0 Å². The van der Waals surface area contributed by atoms with Gasteiger partial charge in [0.1, 0.15) is 0 Å². The lowest BCUT2D eigenvalue weighted by atomic mass is 9.93. The van der Waals surface area contributed by atoms with E-state index in [1.54, 1.807) is 48.9 Å². The summed E-state index contributed by atoms with van der Waals surface area (Å²) >= 11 is 6.33. The number of nitrogens with zero attached hydrogens (tertiary/aromatic N) is 5. The third kappa shape index (κ3) is 5.45. The minimum absolute atomic E-state index is 0.202. The summed E-state index contributed by atoms with van der Waals surface area (Å²) in [4.78, 5) is 62.8. The molecule has 0 saturated heterocycles. The second-order valence-corrected chi connectivity index (χ2v) is 12.8. The number of imide groups is 2. The normalized spacial score (nSPS) is 14.4. The maximum atomic E-state index is 13.6. The highest BCUT2D eigenvalue weighted by Crippen LogP contribution is 2.35. The Balaban J connectivity index is 0.935. The molecular weight excluding hydrogens is 628 g/mol. The van der Waals surface area contributed by atoms with Crippen LogP contribution in [-0.2, 0) is 0 Å². The first-order valence-corrected chi connectivity index (χ1v) is 16.6. The van der Waals surface area contributed by atoms with Gasteiger partial charge < -0.3 is 9.88 Å². The van der Waals surface area contributed by atoms with Crippen LogP contribution >= 0.6 is 11.6 Å². The molecule has 0 atom stereocenters. The van der Waals surface area contributed by atoms with Gasteiger partial charge in [0.25, 0.3) is 23.6 Å². The van der Waals surface area contributed by atoms with Crippen LogP contribution in [0.25, 0.3) is 27.2 Å². The van der Waals surface area contributed by atoms with Crippen LogP contribution in [-0.4, -0.2) is 93.2 Å². The van der Waals surface area contributed by atoms with Crippen molar-refractivity contribution >= 4 is 56.8 Å². The van der Waals surface area contributed by atoms with Gasteiger partial charge in [0.2, 0.25) is 0 Å². The van der Waals surface area contributed by atoms with Crippen LogP contribution in [0, 0.1) is 0 Å². The lowest BCUT2D eigenvalue weighted by Gasteiger charge is -2.32. The molecule has 0 radical (unpaired) electrons. The van der Waals surface area contributed by atoms with Gasteiger partial charge in [-0.15, -0.1) is 0 Å². The standard InChI is InChI=1S/C37H35ClN6O4/c1-23(2)41(17-5-14-39-16-19-43-34(45)26-8-3-6-24-30(38)12-10-28(32(24)26)36(43)47)20-21-44-35(46)27-9-4-7-25-31(42-18-15-40-22-42)13-11-29(33(25)27)37(44)48/h3-4,6-13,15,18,22-23,39H,5,14,16-17,19-21H2,1-2H3. The average Bonchev–Trinajstić information content (AvgIpc) is 3.63. The molecule has 1 aromatic heterocycles. The van der Waals surface area contributed by atoms with Gasteiger partial charge in [0.15, 0.2) is 0 Å². The first kappa shape index (κ1) is 31.7. The van der Waals surface area contributed by atoms with E-state index < -0.39 is 0 Å². The van der Waals surface area contributed by atoms with E-state index in [1.165, 1.54) is 9.80 Å². The molecule has 0 unspecified atom stereocenters. The average molecular weight is 663 g/mol. The lowest BCUT2D eigenvalue weighted by Crippen LogP contribution is -2.46. The number of carbonyl (C=O) groups excluding carboxylic acids is 4. The van der Waals surface area contributed by atoms with Crippen molar-refractivity contribution in [2.24, 2.45) is 0 Å². The van der Waals surface area contributed by atoms with E-state index in [2.05, 4.69) is 29.0 Å². The van der Waals surface area contributed by atoms with Crippen molar-refractivity contribution in [3.8, 4) is 5.69 Å². The zero-order valence-corrected chi connectivity index (χ0v) is 27.5. The molecule has 5 aromatic rings. The van der Waals surface area contributed by atoms with Crippen LogP contribution in [0.2, 0.25) is 5.02 Å². The smallest absolute Gasteiger partial charge is 0.261 e. The molecule has 3 heterocycles.